The van der Waals surface area contributed by atoms with Crippen molar-refractivity contribution < 1.29 is 13.2 Å². The zero-order chi connectivity index (χ0) is 15.3. The summed E-state index contributed by atoms with van der Waals surface area (Å²) in [6.07, 6.45) is 0. The summed E-state index contributed by atoms with van der Waals surface area (Å²) in [5, 5.41) is 2.65. The van der Waals surface area contributed by atoms with Crippen LogP contribution in [0.3, 0.4) is 0 Å². The lowest BCUT2D eigenvalue weighted by Crippen LogP contribution is -2.35. The van der Waals surface area contributed by atoms with Gasteiger partial charge in [0.15, 0.2) is 9.84 Å². The zero-order valence-electron chi connectivity index (χ0n) is 12.9. The lowest BCUT2D eigenvalue weighted by molar-refractivity contribution is 0.414. The van der Waals surface area contributed by atoms with Crippen LogP contribution in [0.4, 0.5) is 0 Å². The summed E-state index contributed by atoms with van der Waals surface area (Å²) in [7, 11) is 0.271. The van der Waals surface area contributed by atoms with Crippen molar-refractivity contribution in [2.24, 2.45) is 5.92 Å². The van der Waals surface area contributed by atoms with E-state index in [-0.39, 0.29) is 17.7 Å². The van der Waals surface area contributed by atoms with E-state index >= 15 is 0 Å². The number of hydrogen-bond acceptors (Lipinski definition) is 4. The Morgan fingerprint density at radius 3 is 2.10 bits per heavy atom. The lowest BCUT2D eigenvalue weighted by Gasteiger charge is -2.25. The molecule has 0 fully saturated rings. The molecule has 0 bridgehead atoms. The Labute approximate surface area is 122 Å². The molecule has 2 unspecified atom stereocenters. The maximum absolute atomic E-state index is 12.4. The van der Waals surface area contributed by atoms with Crippen LogP contribution < -0.4 is 10.1 Å². The lowest BCUT2D eigenvalue weighted by atomic mass is 10.0. The van der Waals surface area contributed by atoms with E-state index in [1.165, 1.54) is 0 Å². The van der Waals surface area contributed by atoms with Gasteiger partial charge in [0.05, 0.1) is 18.1 Å². The van der Waals surface area contributed by atoms with E-state index < -0.39 is 15.1 Å². The van der Waals surface area contributed by atoms with Crippen LogP contribution >= 0.6 is 0 Å². The molecule has 1 aromatic carbocycles. The molecule has 0 aliphatic carbocycles. The molecule has 114 valence electrons. The first-order valence-electron chi connectivity index (χ1n) is 6.84. The molecule has 0 amide bonds. The molecule has 20 heavy (non-hydrogen) atoms. The minimum atomic E-state index is -3.13. The minimum Gasteiger partial charge on any atom is -0.497 e. The number of sulfone groups is 1. The fourth-order valence-electron chi connectivity index (χ4n) is 2.31. The molecule has 0 radical (unpaired) electrons. The first-order valence-corrected chi connectivity index (χ1v) is 8.56. The molecule has 0 spiro atoms. The largest absolute Gasteiger partial charge is 0.497 e. The van der Waals surface area contributed by atoms with Crippen molar-refractivity contribution in [2.75, 3.05) is 19.9 Å². The number of ether oxygens (including phenoxy) is 1. The Hall–Kier alpha value is -1.07. The quantitative estimate of drug-likeness (QED) is 0.840. The first kappa shape index (κ1) is 17.0. The van der Waals surface area contributed by atoms with Gasteiger partial charge < -0.3 is 10.1 Å². The van der Waals surface area contributed by atoms with Gasteiger partial charge in [-0.25, -0.2) is 8.42 Å². The second-order valence-corrected chi connectivity index (χ2v) is 7.87. The van der Waals surface area contributed by atoms with Gasteiger partial charge in [0.25, 0.3) is 0 Å². The van der Waals surface area contributed by atoms with Gasteiger partial charge in [0.2, 0.25) is 0 Å². The average Bonchev–Trinajstić information content (AvgIpc) is 2.38. The van der Waals surface area contributed by atoms with Crippen molar-refractivity contribution in [2.45, 2.75) is 32.1 Å². The maximum Gasteiger partial charge on any atom is 0.155 e. The van der Waals surface area contributed by atoms with Crippen LogP contribution in [0.5, 0.6) is 5.75 Å². The topological polar surface area (TPSA) is 55.4 Å². The summed E-state index contributed by atoms with van der Waals surface area (Å²) in [6, 6.07) is 7.29. The Balaban J connectivity index is 2.99. The highest BCUT2D eigenvalue weighted by Gasteiger charge is 2.30. The van der Waals surface area contributed by atoms with E-state index in [1.807, 2.05) is 38.1 Å². The number of nitrogens with one attached hydrogen (secondary N) is 1. The molecule has 0 heterocycles. The van der Waals surface area contributed by atoms with E-state index in [2.05, 4.69) is 5.32 Å². The van der Waals surface area contributed by atoms with Gasteiger partial charge in [-0.2, -0.15) is 0 Å². The molecule has 0 aliphatic rings. The number of rotatable bonds is 7. The molecular weight excluding hydrogens is 274 g/mol. The molecule has 1 rings (SSSR count). The van der Waals surface area contributed by atoms with Gasteiger partial charge in [-0.1, -0.05) is 26.0 Å². The highest BCUT2D eigenvalue weighted by Crippen LogP contribution is 2.25. The van der Waals surface area contributed by atoms with Gasteiger partial charge in [0.1, 0.15) is 5.75 Å². The second kappa shape index (κ2) is 7.09. The van der Waals surface area contributed by atoms with Crippen molar-refractivity contribution >= 4 is 9.84 Å². The molecule has 4 nitrogen and oxygen atoms in total. The second-order valence-electron chi connectivity index (χ2n) is 5.47. The Morgan fingerprint density at radius 1 is 1.15 bits per heavy atom. The summed E-state index contributed by atoms with van der Waals surface area (Å²) in [4.78, 5) is 0. The highest BCUT2D eigenvalue weighted by atomic mass is 32.2. The smallest absolute Gasteiger partial charge is 0.155 e. The summed E-state index contributed by atoms with van der Waals surface area (Å²) in [6.45, 7) is 5.61. The molecule has 2 atom stereocenters. The van der Waals surface area contributed by atoms with Crippen molar-refractivity contribution in [3.05, 3.63) is 29.8 Å². The zero-order valence-corrected chi connectivity index (χ0v) is 13.7. The predicted molar refractivity (Wildman–Crippen MR) is 82.9 cm³/mol. The predicted octanol–water partition coefficient (Wildman–Crippen LogP) is 2.42. The SMILES string of the molecule is CNC(c1ccc(OC)cc1)C(C)S(=O)(=O)CC(C)C. The standard InChI is InChI=1S/C15H25NO3S/c1-11(2)10-20(17,18)12(3)15(16-4)13-6-8-14(19-5)9-7-13/h6-9,11-12,15-16H,10H2,1-5H3. The third-order valence-electron chi connectivity index (χ3n) is 3.39. The summed E-state index contributed by atoms with van der Waals surface area (Å²) in [5.41, 5.74) is 0.952. The van der Waals surface area contributed by atoms with Gasteiger partial charge in [0, 0.05) is 6.04 Å². The van der Waals surface area contributed by atoms with Gasteiger partial charge >= 0.3 is 0 Å². The summed E-state index contributed by atoms with van der Waals surface area (Å²) < 4.78 is 29.9. The molecule has 0 aliphatic heterocycles. The van der Waals surface area contributed by atoms with Crippen LogP contribution in [-0.2, 0) is 9.84 Å². The van der Waals surface area contributed by atoms with E-state index in [0.29, 0.717) is 0 Å². The molecule has 0 saturated carbocycles. The molecule has 0 saturated heterocycles. The fourth-order valence-corrected chi connectivity index (χ4v) is 4.25. The summed E-state index contributed by atoms with van der Waals surface area (Å²) >= 11 is 0. The average molecular weight is 299 g/mol. The molecule has 5 heteroatoms. The Kier molecular flexibility index (Phi) is 6.02. The van der Waals surface area contributed by atoms with E-state index in [0.717, 1.165) is 11.3 Å². The maximum atomic E-state index is 12.4. The fraction of sp³-hybridized carbons (Fsp3) is 0.600. The number of hydrogen-bond donors (Lipinski definition) is 1. The molecular formula is C15H25NO3S. The van der Waals surface area contributed by atoms with Gasteiger partial charge in [-0.15, -0.1) is 0 Å². The van der Waals surface area contributed by atoms with Crippen LogP contribution in [0, 0.1) is 5.92 Å². The van der Waals surface area contributed by atoms with E-state index in [9.17, 15) is 8.42 Å². The van der Waals surface area contributed by atoms with Crippen molar-refractivity contribution in [3.8, 4) is 5.75 Å². The van der Waals surface area contributed by atoms with Crippen molar-refractivity contribution in [3.63, 3.8) is 0 Å². The van der Waals surface area contributed by atoms with Crippen LogP contribution in [0.25, 0.3) is 0 Å². The molecule has 1 N–H and O–H groups in total. The third kappa shape index (κ3) is 4.21. The Morgan fingerprint density at radius 2 is 1.70 bits per heavy atom. The molecule has 1 aromatic rings. The normalized spacial score (nSPS) is 15.1. The number of benzene rings is 1. The minimum absolute atomic E-state index is 0.135. The van der Waals surface area contributed by atoms with E-state index in [1.54, 1.807) is 21.1 Å². The van der Waals surface area contributed by atoms with Crippen molar-refractivity contribution in [1.29, 1.82) is 0 Å². The van der Waals surface area contributed by atoms with Gasteiger partial charge in [-0.3, -0.25) is 0 Å². The summed E-state index contributed by atoms with van der Waals surface area (Å²) in [5.74, 6) is 1.11. The van der Waals surface area contributed by atoms with Gasteiger partial charge in [-0.05, 0) is 37.6 Å². The van der Waals surface area contributed by atoms with Crippen LogP contribution in [0.15, 0.2) is 24.3 Å². The molecule has 0 aromatic heterocycles. The van der Waals surface area contributed by atoms with E-state index in [4.69, 9.17) is 4.74 Å². The Bertz CT molecular complexity index is 508. The van der Waals surface area contributed by atoms with Crippen LogP contribution in [0.2, 0.25) is 0 Å². The van der Waals surface area contributed by atoms with Crippen molar-refractivity contribution in [1.82, 2.24) is 5.32 Å². The first-order chi connectivity index (χ1) is 9.31. The van der Waals surface area contributed by atoms with Crippen LogP contribution in [-0.4, -0.2) is 33.6 Å². The third-order valence-corrected chi connectivity index (χ3v) is 5.92. The highest BCUT2D eigenvalue weighted by molar-refractivity contribution is 7.92. The number of methoxy groups -OCH3 is 1. The monoisotopic (exact) mass is 299 g/mol. The van der Waals surface area contributed by atoms with Crippen LogP contribution in [0.1, 0.15) is 32.4 Å².